The second-order valence-electron chi connectivity index (χ2n) is 5.17. The average Bonchev–Trinajstić information content (AvgIpc) is 2.60. The highest BCUT2D eigenvalue weighted by molar-refractivity contribution is 5.90. The second kappa shape index (κ2) is 8.62. The summed E-state index contributed by atoms with van der Waals surface area (Å²) in [6.07, 6.45) is 1.80. The third-order valence-electron chi connectivity index (χ3n) is 3.25. The molecule has 0 aliphatic heterocycles. The standard InChI is InChI=1S/C19H18FNO3/c1-14(19(23)21-13-16-5-3-2-4-6-16)24-18(22)12-9-15-7-10-17(20)11-8-15/h2-12,14H,13H2,1H3,(H,21,23)/b12-9+. The molecule has 0 aromatic heterocycles. The minimum absolute atomic E-state index is 0.349. The van der Waals surface area contributed by atoms with Gasteiger partial charge in [0, 0.05) is 12.6 Å². The number of halogens is 1. The summed E-state index contributed by atoms with van der Waals surface area (Å²) in [4.78, 5) is 23.6. The van der Waals surface area contributed by atoms with Crippen LogP contribution in [0.4, 0.5) is 4.39 Å². The maximum Gasteiger partial charge on any atom is 0.331 e. The Labute approximate surface area is 140 Å². The molecule has 0 spiro atoms. The fourth-order valence-corrected chi connectivity index (χ4v) is 1.93. The molecule has 0 heterocycles. The molecular weight excluding hydrogens is 309 g/mol. The summed E-state index contributed by atoms with van der Waals surface area (Å²) in [5, 5.41) is 2.70. The number of nitrogens with one attached hydrogen (secondary N) is 1. The van der Waals surface area contributed by atoms with E-state index in [4.69, 9.17) is 4.74 Å². The van der Waals surface area contributed by atoms with Gasteiger partial charge < -0.3 is 10.1 Å². The van der Waals surface area contributed by atoms with Gasteiger partial charge in [-0.25, -0.2) is 9.18 Å². The lowest BCUT2D eigenvalue weighted by atomic mass is 10.2. The first-order valence-corrected chi connectivity index (χ1v) is 7.50. The van der Waals surface area contributed by atoms with Gasteiger partial charge in [0.2, 0.25) is 0 Å². The highest BCUT2D eigenvalue weighted by atomic mass is 19.1. The molecule has 1 unspecified atom stereocenters. The molecule has 5 heteroatoms. The highest BCUT2D eigenvalue weighted by Crippen LogP contribution is 2.05. The predicted octanol–water partition coefficient (Wildman–Crippen LogP) is 3.09. The van der Waals surface area contributed by atoms with Crippen LogP contribution in [0.3, 0.4) is 0 Å². The maximum absolute atomic E-state index is 12.8. The van der Waals surface area contributed by atoms with E-state index in [0.717, 1.165) is 5.56 Å². The summed E-state index contributed by atoms with van der Waals surface area (Å²) in [6, 6.07) is 15.1. The van der Waals surface area contributed by atoms with Crippen molar-refractivity contribution in [3.63, 3.8) is 0 Å². The lowest BCUT2D eigenvalue weighted by Crippen LogP contribution is -2.35. The largest absolute Gasteiger partial charge is 0.449 e. The Morgan fingerprint density at radius 2 is 1.79 bits per heavy atom. The van der Waals surface area contributed by atoms with Crippen LogP contribution in [0.25, 0.3) is 6.08 Å². The van der Waals surface area contributed by atoms with E-state index in [9.17, 15) is 14.0 Å². The van der Waals surface area contributed by atoms with Crippen LogP contribution in [0.15, 0.2) is 60.7 Å². The van der Waals surface area contributed by atoms with Gasteiger partial charge in [-0.1, -0.05) is 42.5 Å². The molecule has 124 valence electrons. The number of ether oxygens (including phenoxy) is 1. The average molecular weight is 327 g/mol. The van der Waals surface area contributed by atoms with Crippen LogP contribution in [-0.2, 0) is 20.9 Å². The predicted molar refractivity (Wildman–Crippen MR) is 89.3 cm³/mol. The number of carbonyl (C=O) groups is 2. The van der Waals surface area contributed by atoms with Gasteiger partial charge >= 0.3 is 5.97 Å². The Kier molecular flexibility index (Phi) is 6.25. The molecule has 0 aliphatic carbocycles. The third kappa shape index (κ3) is 5.68. The van der Waals surface area contributed by atoms with Crippen LogP contribution in [0.1, 0.15) is 18.1 Å². The topological polar surface area (TPSA) is 55.4 Å². The third-order valence-corrected chi connectivity index (χ3v) is 3.25. The minimum Gasteiger partial charge on any atom is -0.449 e. The van der Waals surface area contributed by atoms with Gasteiger partial charge in [0.15, 0.2) is 6.10 Å². The van der Waals surface area contributed by atoms with Crippen molar-refractivity contribution in [3.8, 4) is 0 Å². The van der Waals surface area contributed by atoms with Crippen LogP contribution < -0.4 is 5.32 Å². The first-order chi connectivity index (χ1) is 11.5. The molecule has 2 aromatic carbocycles. The molecule has 1 N–H and O–H groups in total. The van der Waals surface area contributed by atoms with E-state index in [1.807, 2.05) is 30.3 Å². The fourth-order valence-electron chi connectivity index (χ4n) is 1.93. The van der Waals surface area contributed by atoms with Crippen molar-refractivity contribution in [2.45, 2.75) is 19.6 Å². The van der Waals surface area contributed by atoms with Crippen LogP contribution in [-0.4, -0.2) is 18.0 Å². The number of rotatable bonds is 6. The summed E-state index contributed by atoms with van der Waals surface area (Å²) in [5.41, 5.74) is 1.62. The Bertz CT molecular complexity index is 711. The lowest BCUT2D eigenvalue weighted by molar-refractivity contribution is -0.150. The zero-order valence-electron chi connectivity index (χ0n) is 13.2. The molecule has 0 radical (unpaired) electrons. The highest BCUT2D eigenvalue weighted by Gasteiger charge is 2.15. The van der Waals surface area contributed by atoms with E-state index in [0.29, 0.717) is 12.1 Å². The van der Waals surface area contributed by atoms with E-state index in [2.05, 4.69) is 5.32 Å². The van der Waals surface area contributed by atoms with Crippen LogP contribution >= 0.6 is 0 Å². The number of benzene rings is 2. The smallest absolute Gasteiger partial charge is 0.331 e. The zero-order chi connectivity index (χ0) is 17.4. The van der Waals surface area contributed by atoms with Gasteiger partial charge in [0.05, 0.1) is 0 Å². The number of amides is 1. The van der Waals surface area contributed by atoms with Crippen LogP contribution in [0.2, 0.25) is 0 Å². The number of carbonyl (C=O) groups excluding carboxylic acids is 2. The first kappa shape index (κ1) is 17.4. The van der Waals surface area contributed by atoms with E-state index in [1.165, 1.54) is 43.3 Å². The van der Waals surface area contributed by atoms with E-state index in [-0.39, 0.29) is 11.7 Å². The lowest BCUT2D eigenvalue weighted by Gasteiger charge is -2.12. The summed E-state index contributed by atoms with van der Waals surface area (Å²) in [5.74, 6) is -1.36. The molecule has 1 atom stereocenters. The Morgan fingerprint density at radius 1 is 1.12 bits per heavy atom. The van der Waals surface area contributed by atoms with Crippen molar-refractivity contribution >= 4 is 18.0 Å². The van der Waals surface area contributed by atoms with Crippen LogP contribution in [0.5, 0.6) is 0 Å². The number of hydrogen-bond donors (Lipinski definition) is 1. The molecule has 1 amide bonds. The summed E-state index contributed by atoms with van der Waals surface area (Å²) < 4.78 is 17.8. The molecule has 0 aliphatic rings. The maximum atomic E-state index is 12.8. The van der Waals surface area contributed by atoms with E-state index >= 15 is 0 Å². The van der Waals surface area contributed by atoms with Gasteiger partial charge in [-0.05, 0) is 36.3 Å². The Balaban J connectivity index is 1.79. The van der Waals surface area contributed by atoms with Crippen molar-refractivity contribution < 1.29 is 18.7 Å². The summed E-state index contributed by atoms with van der Waals surface area (Å²) in [7, 11) is 0. The van der Waals surface area contributed by atoms with E-state index < -0.39 is 12.1 Å². The molecule has 4 nitrogen and oxygen atoms in total. The molecule has 2 rings (SSSR count). The van der Waals surface area contributed by atoms with Crippen molar-refractivity contribution in [1.29, 1.82) is 0 Å². The molecule has 0 saturated carbocycles. The Hall–Kier alpha value is -2.95. The quantitative estimate of drug-likeness (QED) is 0.655. The normalized spacial score (nSPS) is 11.9. The van der Waals surface area contributed by atoms with Gasteiger partial charge in [-0.2, -0.15) is 0 Å². The minimum atomic E-state index is -0.904. The molecule has 0 bridgehead atoms. The molecular formula is C19H18FNO3. The van der Waals surface area contributed by atoms with Crippen molar-refractivity contribution in [2.75, 3.05) is 0 Å². The summed E-state index contributed by atoms with van der Waals surface area (Å²) in [6.45, 7) is 1.87. The fraction of sp³-hybridized carbons (Fsp3) is 0.158. The number of esters is 1. The first-order valence-electron chi connectivity index (χ1n) is 7.50. The van der Waals surface area contributed by atoms with Crippen LogP contribution in [0, 0.1) is 5.82 Å². The Morgan fingerprint density at radius 3 is 2.46 bits per heavy atom. The van der Waals surface area contributed by atoms with E-state index in [1.54, 1.807) is 0 Å². The van der Waals surface area contributed by atoms with Crippen molar-refractivity contribution in [1.82, 2.24) is 5.32 Å². The monoisotopic (exact) mass is 327 g/mol. The van der Waals surface area contributed by atoms with Crippen molar-refractivity contribution in [3.05, 3.63) is 77.6 Å². The molecule has 2 aromatic rings. The van der Waals surface area contributed by atoms with Gasteiger partial charge in [-0.3, -0.25) is 4.79 Å². The van der Waals surface area contributed by atoms with Crippen molar-refractivity contribution in [2.24, 2.45) is 0 Å². The van der Waals surface area contributed by atoms with Gasteiger partial charge in [0.1, 0.15) is 5.82 Å². The number of hydrogen-bond acceptors (Lipinski definition) is 3. The molecule has 0 fully saturated rings. The molecule has 24 heavy (non-hydrogen) atoms. The van der Waals surface area contributed by atoms with Gasteiger partial charge in [0.25, 0.3) is 5.91 Å². The second-order valence-corrected chi connectivity index (χ2v) is 5.17. The SMILES string of the molecule is CC(OC(=O)/C=C/c1ccc(F)cc1)C(=O)NCc1ccccc1. The summed E-state index contributed by atoms with van der Waals surface area (Å²) >= 11 is 0. The zero-order valence-corrected chi connectivity index (χ0v) is 13.2. The van der Waals surface area contributed by atoms with Gasteiger partial charge in [-0.15, -0.1) is 0 Å². The molecule has 0 saturated heterocycles.